The number of rotatable bonds is 3. The normalized spacial score (nSPS) is 30.6. The second kappa shape index (κ2) is 4.47. The van der Waals surface area contributed by atoms with Crippen molar-refractivity contribution in [3.8, 4) is 5.75 Å². The minimum atomic E-state index is -0.924. The molecule has 104 valence electrons. The number of hydrogen-bond acceptors (Lipinski definition) is 3. The number of ketones is 1. The number of phenolic OH excluding ortho intramolecular Hbond substituents is 1. The Morgan fingerprint density at radius 2 is 1.80 bits per heavy atom. The Morgan fingerprint density at radius 1 is 1.15 bits per heavy atom. The van der Waals surface area contributed by atoms with Gasteiger partial charge in [-0.1, -0.05) is 23.8 Å². The van der Waals surface area contributed by atoms with E-state index in [-0.39, 0.29) is 28.9 Å². The van der Waals surface area contributed by atoms with Gasteiger partial charge in [0.05, 0.1) is 11.5 Å². The van der Waals surface area contributed by atoms with Crippen LogP contribution in [0.5, 0.6) is 5.75 Å². The summed E-state index contributed by atoms with van der Waals surface area (Å²) in [5, 5.41) is 19.3. The Kier molecular flexibility index (Phi) is 2.89. The molecule has 2 N–H and O–H groups in total. The molecule has 4 nitrogen and oxygen atoms in total. The van der Waals surface area contributed by atoms with E-state index in [0.29, 0.717) is 0 Å². The molecule has 2 bridgehead atoms. The minimum Gasteiger partial charge on any atom is -0.507 e. The quantitative estimate of drug-likeness (QED) is 0.654. The highest BCUT2D eigenvalue weighted by Crippen LogP contribution is 2.49. The number of carbonyl (C=O) groups excluding carboxylic acids is 1. The lowest BCUT2D eigenvalue weighted by Crippen LogP contribution is -2.33. The average molecular weight is 272 g/mol. The molecule has 0 heterocycles. The van der Waals surface area contributed by atoms with Crippen molar-refractivity contribution < 1.29 is 19.8 Å². The molecule has 2 aliphatic rings. The summed E-state index contributed by atoms with van der Waals surface area (Å²) in [4.78, 5) is 24.1. The highest BCUT2D eigenvalue weighted by Gasteiger charge is 2.51. The van der Waals surface area contributed by atoms with Crippen molar-refractivity contribution in [3.63, 3.8) is 0 Å². The lowest BCUT2D eigenvalue weighted by atomic mass is 9.78. The Balaban J connectivity index is 1.99. The molecule has 0 aromatic heterocycles. The van der Waals surface area contributed by atoms with Gasteiger partial charge in [0.15, 0.2) is 5.78 Å². The number of phenols is 1. The summed E-state index contributed by atoms with van der Waals surface area (Å²) < 4.78 is 0. The van der Waals surface area contributed by atoms with Crippen LogP contribution in [0.25, 0.3) is 0 Å². The molecule has 1 saturated carbocycles. The first kappa shape index (κ1) is 12.9. The van der Waals surface area contributed by atoms with Gasteiger partial charge in [0.25, 0.3) is 0 Å². The average Bonchev–Trinajstić information content (AvgIpc) is 3.00. The van der Waals surface area contributed by atoms with Crippen LogP contribution in [0, 0.1) is 30.6 Å². The van der Waals surface area contributed by atoms with Gasteiger partial charge in [-0.25, -0.2) is 0 Å². The molecule has 3 rings (SSSR count). The molecule has 4 heteroatoms. The summed E-state index contributed by atoms with van der Waals surface area (Å²) in [6.07, 6.45) is 4.57. The zero-order valence-electron chi connectivity index (χ0n) is 11.1. The minimum absolute atomic E-state index is 0.0199. The van der Waals surface area contributed by atoms with Crippen LogP contribution in [0.1, 0.15) is 22.3 Å². The van der Waals surface area contributed by atoms with Crippen molar-refractivity contribution in [2.45, 2.75) is 13.3 Å². The van der Waals surface area contributed by atoms with Crippen molar-refractivity contribution in [1.82, 2.24) is 0 Å². The molecule has 0 spiro atoms. The van der Waals surface area contributed by atoms with Gasteiger partial charge in [0.2, 0.25) is 0 Å². The molecule has 0 amide bonds. The third kappa shape index (κ3) is 1.83. The zero-order chi connectivity index (χ0) is 14.4. The summed E-state index contributed by atoms with van der Waals surface area (Å²) >= 11 is 0. The second-order valence-corrected chi connectivity index (χ2v) is 5.72. The number of carbonyl (C=O) groups is 2. The van der Waals surface area contributed by atoms with Gasteiger partial charge >= 0.3 is 5.97 Å². The van der Waals surface area contributed by atoms with E-state index >= 15 is 0 Å². The second-order valence-electron chi connectivity index (χ2n) is 5.72. The monoisotopic (exact) mass is 272 g/mol. The van der Waals surface area contributed by atoms with E-state index in [1.54, 1.807) is 12.1 Å². The number of aromatic hydroxyl groups is 1. The number of allylic oxidation sites excluding steroid dienone is 2. The molecule has 4 unspecified atom stereocenters. The van der Waals surface area contributed by atoms with Gasteiger partial charge in [-0.05, 0) is 37.3 Å². The number of benzene rings is 1. The standard InChI is InChI=1S/C16H16O4/c1-8-2-5-12(17)11(6-8)15(18)13-9-3-4-10(7-9)14(13)16(19)20/h2-6,9-10,13-14,17H,7H2,1H3,(H,19,20). The first-order valence-corrected chi connectivity index (χ1v) is 6.74. The van der Waals surface area contributed by atoms with E-state index in [9.17, 15) is 19.8 Å². The van der Waals surface area contributed by atoms with Crippen molar-refractivity contribution in [2.75, 3.05) is 0 Å². The number of carboxylic acids is 1. The van der Waals surface area contributed by atoms with Crippen LogP contribution in [0.15, 0.2) is 30.4 Å². The fourth-order valence-corrected chi connectivity index (χ4v) is 3.54. The van der Waals surface area contributed by atoms with Crippen LogP contribution in [0.2, 0.25) is 0 Å². The van der Waals surface area contributed by atoms with Crippen LogP contribution >= 0.6 is 0 Å². The van der Waals surface area contributed by atoms with Crippen molar-refractivity contribution in [3.05, 3.63) is 41.5 Å². The predicted octanol–water partition coefficient (Wildman–Crippen LogP) is 2.41. The van der Waals surface area contributed by atoms with Crippen molar-refractivity contribution in [2.24, 2.45) is 23.7 Å². The molecular formula is C16H16O4. The Morgan fingerprint density at radius 3 is 2.45 bits per heavy atom. The molecule has 1 aromatic rings. The molecule has 0 aliphatic heterocycles. The van der Waals surface area contributed by atoms with Gasteiger partial charge in [0.1, 0.15) is 5.75 Å². The molecular weight excluding hydrogens is 256 g/mol. The fraction of sp³-hybridized carbons (Fsp3) is 0.375. The molecule has 0 radical (unpaired) electrons. The largest absolute Gasteiger partial charge is 0.507 e. The van der Waals surface area contributed by atoms with Crippen LogP contribution in [-0.2, 0) is 4.79 Å². The van der Waals surface area contributed by atoms with Crippen LogP contribution in [0.4, 0.5) is 0 Å². The van der Waals surface area contributed by atoms with Gasteiger partial charge in [0, 0.05) is 5.92 Å². The van der Waals surface area contributed by atoms with Crippen LogP contribution in [-0.4, -0.2) is 22.0 Å². The topological polar surface area (TPSA) is 74.6 Å². The van der Waals surface area contributed by atoms with Crippen molar-refractivity contribution in [1.29, 1.82) is 0 Å². The Hall–Kier alpha value is -2.10. The smallest absolute Gasteiger partial charge is 0.307 e. The molecule has 0 saturated heterocycles. The van der Waals surface area contributed by atoms with Gasteiger partial charge in [-0.3, -0.25) is 9.59 Å². The van der Waals surface area contributed by atoms with Gasteiger partial charge in [-0.2, -0.15) is 0 Å². The first-order valence-electron chi connectivity index (χ1n) is 6.74. The van der Waals surface area contributed by atoms with Crippen LogP contribution in [0.3, 0.4) is 0 Å². The fourth-order valence-electron chi connectivity index (χ4n) is 3.54. The number of carboxylic acid groups (broad SMARTS) is 1. The number of aliphatic carboxylic acids is 1. The van der Waals surface area contributed by atoms with E-state index in [0.717, 1.165) is 12.0 Å². The lowest BCUT2D eigenvalue weighted by molar-refractivity contribution is -0.143. The highest BCUT2D eigenvalue weighted by atomic mass is 16.4. The molecule has 2 aliphatic carbocycles. The molecule has 1 aromatic carbocycles. The number of aryl methyl sites for hydroxylation is 1. The van der Waals surface area contributed by atoms with Crippen LogP contribution < -0.4 is 0 Å². The summed E-state index contributed by atoms with van der Waals surface area (Å²) in [6, 6.07) is 4.84. The van der Waals surface area contributed by atoms with Gasteiger partial charge < -0.3 is 10.2 Å². The van der Waals surface area contributed by atoms with Crippen molar-refractivity contribution >= 4 is 11.8 Å². The third-order valence-corrected chi connectivity index (χ3v) is 4.46. The molecule has 4 atom stereocenters. The maximum atomic E-state index is 12.7. The van der Waals surface area contributed by atoms with E-state index in [2.05, 4.69) is 0 Å². The molecule has 20 heavy (non-hydrogen) atoms. The Bertz CT molecular complexity index is 617. The predicted molar refractivity (Wildman–Crippen MR) is 72.5 cm³/mol. The number of Topliss-reactive ketones (excluding diaryl/α,β-unsaturated/α-hetero) is 1. The van der Waals surface area contributed by atoms with Gasteiger partial charge in [-0.15, -0.1) is 0 Å². The van der Waals surface area contributed by atoms with E-state index in [4.69, 9.17) is 0 Å². The molecule has 1 fully saturated rings. The first-order chi connectivity index (χ1) is 9.49. The van der Waals surface area contributed by atoms with E-state index in [1.807, 2.05) is 19.1 Å². The maximum absolute atomic E-state index is 12.7. The summed E-state index contributed by atoms with van der Waals surface area (Å²) in [5.74, 6) is -2.56. The third-order valence-electron chi connectivity index (χ3n) is 4.46. The number of fused-ring (bicyclic) bond motifs is 2. The number of hydrogen-bond donors (Lipinski definition) is 2. The SMILES string of the molecule is Cc1ccc(O)c(C(=O)C2C3C=CC(C3)C2C(=O)O)c1. The van der Waals surface area contributed by atoms with E-state index in [1.165, 1.54) is 6.07 Å². The maximum Gasteiger partial charge on any atom is 0.307 e. The lowest BCUT2D eigenvalue weighted by Gasteiger charge is -2.24. The zero-order valence-corrected chi connectivity index (χ0v) is 11.1. The summed E-state index contributed by atoms with van der Waals surface area (Å²) in [5.41, 5.74) is 1.11. The summed E-state index contributed by atoms with van der Waals surface area (Å²) in [7, 11) is 0. The highest BCUT2D eigenvalue weighted by molar-refractivity contribution is 6.03. The Labute approximate surface area is 116 Å². The van der Waals surface area contributed by atoms with E-state index < -0.39 is 17.8 Å². The summed E-state index contributed by atoms with van der Waals surface area (Å²) in [6.45, 7) is 1.84.